The number of hydrogen-bond donors (Lipinski definition) is 1. The second-order valence-corrected chi connectivity index (χ2v) is 7.36. The lowest BCUT2D eigenvalue weighted by Crippen LogP contribution is -2.17. The normalized spacial score (nSPS) is 13.4. The first-order chi connectivity index (χ1) is 11.9. The van der Waals surface area contributed by atoms with Crippen LogP contribution in [0.2, 0.25) is 0 Å². The third-order valence-electron chi connectivity index (χ3n) is 4.61. The van der Waals surface area contributed by atoms with Gasteiger partial charge >= 0.3 is 5.97 Å². The number of ether oxygens (including phenoxy) is 1. The van der Waals surface area contributed by atoms with Crippen LogP contribution in [0, 0.1) is 13.8 Å². The summed E-state index contributed by atoms with van der Waals surface area (Å²) in [7, 11) is 1.81. The van der Waals surface area contributed by atoms with E-state index >= 15 is 0 Å². The van der Waals surface area contributed by atoms with Gasteiger partial charge in [-0.2, -0.15) is 5.10 Å². The summed E-state index contributed by atoms with van der Waals surface area (Å²) < 4.78 is 6.92. The zero-order chi connectivity index (χ0) is 18.1. The van der Waals surface area contributed by atoms with Crippen molar-refractivity contribution < 1.29 is 14.3 Å². The van der Waals surface area contributed by atoms with Crippen molar-refractivity contribution in [3.05, 3.63) is 33.0 Å². The van der Waals surface area contributed by atoms with Gasteiger partial charge < -0.3 is 10.1 Å². The molecule has 0 unspecified atom stereocenters. The van der Waals surface area contributed by atoms with Crippen molar-refractivity contribution in [1.29, 1.82) is 0 Å². The quantitative estimate of drug-likeness (QED) is 0.847. The lowest BCUT2D eigenvalue weighted by atomic mass is 9.95. The van der Waals surface area contributed by atoms with E-state index in [0.717, 1.165) is 36.9 Å². The summed E-state index contributed by atoms with van der Waals surface area (Å²) in [6.45, 7) is 5.78. The van der Waals surface area contributed by atoms with Crippen LogP contribution in [-0.2, 0) is 24.6 Å². The molecule has 1 aliphatic carbocycles. The average molecular weight is 361 g/mol. The number of rotatable bonds is 4. The maximum atomic E-state index is 12.8. The monoisotopic (exact) mass is 361 g/mol. The Labute approximate surface area is 151 Å². The minimum absolute atomic E-state index is 0.229. The van der Waals surface area contributed by atoms with Gasteiger partial charge in [0.05, 0.1) is 23.4 Å². The molecule has 6 nitrogen and oxygen atoms in total. The van der Waals surface area contributed by atoms with Crippen molar-refractivity contribution in [3.8, 4) is 0 Å². The molecule has 1 aliphatic rings. The Morgan fingerprint density at radius 3 is 2.60 bits per heavy atom. The molecule has 0 aliphatic heterocycles. The van der Waals surface area contributed by atoms with Gasteiger partial charge in [-0.25, -0.2) is 4.79 Å². The Morgan fingerprint density at radius 1 is 1.24 bits per heavy atom. The van der Waals surface area contributed by atoms with Gasteiger partial charge in [0.1, 0.15) is 5.00 Å². The van der Waals surface area contributed by atoms with Crippen LogP contribution in [0.3, 0.4) is 0 Å². The number of carbonyl (C=O) groups is 2. The largest absolute Gasteiger partial charge is 0.462 e. The van der Waals surface area contributed by atoms with E-state index in [1.165, 1.54) is 16.2 Å². The molecular formula is C18H23N3O3S. The molecule has 0 aromatic carbocycles. The van der Waals surface area contributed by atoms with Crippen LogP contribution in [0.25, 0.3) is 0 Å². The van der Waals surface area contributed by atoms with Gasteiger partial charge in [0, 0.05) is 17.6 Å². The fourth-order valence-corrected chi connectivity index (χ4v) is 4.61. The highest BCUT2D eigenvalue weighted by Gasteiger charge is 2.28. The average Bonchev–Trinajstić information content (AvgIpc) is 3.04. The predicted octanol–water partition coefficient (Wildman–Crippen LogP) is 3.41. The van der Waals surface area contributed by atoms with Crippen LogP contribution in [0.15, 0.2) is 0 Å². The summed E-state index contributed by atoms with van der Waals surface area (Å²) in [4.78, 5) is 26.5. The van der Waals surface area contributed by atoms with Gasteiger partial charge in [-0.1, -0.05) is 0 Å². The van der Waals surface area contributed by atoms with Crippen LogP contribution in [0.5, 0.6) is 0 Å². The highest BCUT2D eigenvalue weighted by Crippen LogP contribution is 2.39. The molecule has 2 aromatic rings. The van der Waals surface area contributed by atoms with Crippen molar-refractivity contribution in [2.45, 2.75) is 46.5 Å². The van der Waals surface area contributed by atoms with E-state index in [0.29, 0.717) is 28.4 Å². The number of nitrogens with zero attached hydrogens (tertiary/aromatic N) is 2. The molecule has 3 rings (SSSR count). The van der Waals surface area contributed by atoms with Crippen molar-refractivity contribution in [1.82, 2.24) is 9.78 Å². The number of thiophene rings is 1. The molecule has 1 amide bonds. The zero-order valence-electron chi connectivity index (χ0n) is 15.1. The zero-order valence-corrected chi connectivity index (χ0v) is 15.9. The van der Waals surface area contributed by atoms with E-state index in [1.807, 2.05) is 20.9 Å². The number of esters is 1. The topological polar surface area (TPSA) is 73.2 Å². The number of hydrogen-bond acceptors (Lipinski definition) is 5. The lowest BCUT2D eigenvalue weighted by molar-refractivity contribution is 0.0526. The Hall–Kier alpha value is -2.15. The molecule has 0 fully saturated rings. The maximum absolute atomic E-state index is 12.8. The van der Waals surface area contributed by atoms with Gasteiger partial charge in [0.15, 0.2) is 0 Å². The maximum Gasteiger partial charge on any atom is 0.341 e. The van der Waals surface area contributed by atoms with Gasteiger partial charge in [-0.3, -0.25) is 9.48 Å². The summed E-state index contributed by atoms with van der Waals surface area (Å²) in [6.07, 6.45) is 3.99. The van der Waals surface area contributed by atoms with E-state index < -0.39 is 0 Å². The van der Waals surface area contributed by atoms with Crippen LogP contribution >= 0.6 is 11.3 Å². The molecule has 0 atom stereocenters. The molecule has 0 bridgehead atoms. The molecule has 0 spiro atoms. The fourth-order valence-electron chi connectivity index (χ4n) is 3.34. The molecule has 2 aromatic heterocycles. The van der Waals surface area contributed by atoms with Crippen molar-refractivity contribution in [2.24, 2.45) is 7.05 Å². The number of fused-ring (bicyclic) bond motifs is 1. The first-order valence-corrected chi connectivity index (χ1v) is 9.38. The molecule has 134 valence electrons. The van der Waals surface area contributed by atoms with Gasteiger partial charge in [-0.15, -0.1) is 11.3 Å². The summed E-state index contributed by atoms with van der Waals surface area (Å²) in [6, 6.07) is 0. The van der Waals surface area contributed by atoms with Gasteiger partial charge in [-0.05, 0) is 52.0 Å². The summed E-state index contributed by atoms with van der Waals surface area (Å²) in [5, 5.41) is 7.83. The van der Waals surface area contributed by atoms with Crippen LogP contribution in [-0.4, -0.2) is 28.3 Å². The number of anilines is 1. The molecule has 25 heavy (non-hydrogen) atoms. The first-order valence-electron chi connectivity index (χ1n) is 8.57. The molecule has 0 radical (unpaired) electrons. The predicted molar refractivity (Wildman–Crippen MR) is 97.6 cm³/mol. The number of aromatic nitrogens is 2. The second-order valence-electron chi connectivity index (χ2n) is 6.26. The summed E-state index contributed by atoms with van der Waals surface area (Å²) in [5.41, 5.74) is 3.62. The summed E-state index contributed by atoms with van der Waals surface area (Å²) in [5.74, 6) is -0.580. The molecule has 2 heterocycles. The Balaban J connectivity index is 1.98. The molecule has 7 heteroatoms. The van der Waals surface area contributed by atoms with E-state index in [-0.39, 0.29) is 11.9 Å². The van der Waals surface area contributed by atoms with Crippen molar-refractivity contribution >= 4 is 28.2 Å². The highest BCUT2D eigenvalue weighted by molar-refractivity contribution is 7.17. The number of nitrogens with one attached hydrogen (secondary N) is 1. The SMILES string of the molecule is CCOC(=O)c1c(NC(=O)c2c(C)nn(C)c2C)sc2c1CCCC2. The number of amides is 1. The Morgan fingerprint density at radius 2 is 1.96 bits per heavy atom. The third kappa shape index (κ3) is 3.20. The first kappa shape index (κ1) is 17.7. The lowest BCUT2D eigenvalue weighted by Gasteiger charge is -2.12. The molecular weight excluding hydrogens is 338 g/mol. The standard InChI is InChI=1S/C18H23N3O3S/c1-5-24-18(23)15-12-8-6-7-9-13(12)25-17(15)19-16(22)14-10(2)20-21(4)11(14)3/h5-9H2,1-4H3,(H,19,22). The minimum atomic E-state index is -0.350. The van der Waals surface area contributed by atoms with Crippen molar-refractivity contribution in [3.63, 3.8) is 0 Å². The van der Waals surface area contributed by atoms with E-state index in [4.69, 9.17) is 4.74 Å². The highest BCUT2D eigenvalue weighted by atomic mass is 32.1. The van der Waals surface area contributed by atoms with E-state index in [2.05, 4.69) is 10.4 Å². The minimum Gasteiger partial charge on any atom is -0.462 e. The third-order valence-corrected chi connectivity index (χ3v) is 5.82. The van der Waals surface area contributed by atoms with Gasteiger partial charge in [0.2, 0.25) is 0 Å². The Bertz CT molecular complexity index is 835. The number of carbonyl (C=O) groups excluding carboxylic acids is 2. The number of aryl methyl sites for hydroxylation is 3. The van der Waals surface area contributed by atoms with E-state index in [1.54, 1.807) is 11.6 Å². The smallest absolute Gasteiger partial charge is 0.341 e. The molecule has 0 saturated heterocycles. The molecule has 0 saturated carbocycles. The van der Waals surface area contributed by atoms with Crippen LogP contribution < -0.4 is 5.32 Å². The Kier molecular flexibility index (Phi) is 4.94. The van der Waals surface area contributed by atoms with Crippen LogP contribution in [0.1, 0.15) is 62.3 Å². The second kappa shape index (κ2) is 7.00. The van der Waals surface area contributed by atoms with Gasteiger partial charge in [0.25, 0.3) is 5.91 Å². The van der Waals surface area contributed by atoms with Crippen LogP contribution in [0.4, 0.5) is 5.00 Å². The summed E-state index contributed by atoms with van der Waals surface area (Å²) >= 11 is 1.50. The van der Waals surface area contributed by atoms with E-state index in [9.17, 15) is 9.59 Å². The molecule has 1 N–H and O–H groups in total. The van der Waals surface area contributed by atoms with Crippen molar-refractivity contribution in [2.75, 3.05) is 11.9 Å². The fraction of sp³-hybridized carbons (Fsp3) is 0.500.